The third kappa shape index (κ3) is 6.08. The molecule has 0 unspecified atom stereocenters. The Balaban J connectivity index is 2.80. The van der Waals surface area contributed by atoms with Crippen LogP contribution in [0, 0.1) is 5.92 Å². The molecule has 23 heavy (non-hydrogen) atoms. The number of nitrogens with zero attached hydrogens (tertiary/aromatic N) is 1. The Hall–Kier alpha value is -0.593. The summed E-state index contributed by atoms with van der Waals surface area (Å²) >= 11 is 0. The minimum Gasteiger partial charge on any atom is -0.444 e. The average Bonchev–Trinajstić information content (AvgIpc) is 2.34. The van der Waals surface area contributed by atoms with Gasteiger partial charge in [0.1, 0.15) is 5.60 Å². The summed E-state index contributed by atoms with van der Waals surface area (Å²) in [6.45, 7) is 18.7. The number of carbonyl (C=O) groups excluding carboxylic acids is 1. The largest absolute Gasteiger partial charge is 0.444 e. The van der Waals surface area contributed by atoms with Crippen molar-refractivity contribution in [1.29, 1.82) is 0 Å². The van der Waals surface area contributed by atoms with Gasteiger partial charge < -0.3 is 19.8 Å². The average molecular weight is 345 g/mol. The molecule has 2 N–H and O–H groups in total. The zero-order valence-electron chi connectivity index (χ0n) is 16.2. The van der Waals surface area contributed by atoms with E-state index in [1.807, 2.05) is 20.8 Å². The van der Waals surface area contributed by atoms with Gasteiger partial charge in [-0.05, 0) is 57.8 Å². The molecule has 0 aromatic carbocycles. The predicted molar refractivity (Wildman–Crippen MR) is 97.0 cm³/mol. The topological polar surface area (TPSA) is 64.8 Å². The number of nitrogens with two attached hydrogens (primary N) is 1. The van der Waals surface area contributed by atoms with E-state index in [9.17, 15) is 4.79 Å². The molecule has 0 bridgehead atoms. The van der Waals surface area contributed by atoms with Crippen LogP contribution in [0.4, 0.5) is 4.79 Å². The van der Waals surface area contributed by atoms with Crippen molar-refractivity contribution in [2.24, 2.45) is 11.7 Å². The highest BCUT2D eigenvalue weighted by molar-refractivity contribution is 6.74. The van der Waals surface area contributed by atoms with Gasteiger partial charge in [-0.1, -0.05) is 20.8 Å². The molecule has 0 saturated carbocycles. The van der Waals surface area contributed by atoms with Crippen LogP contribution in [0.1, 0.15) is 48.0 Å². The second-order valence-corrected chi connectivity index (χ2v) is 14.0. The summed E-state index contributed by atoms with van der Waals surface area (Å²) < 4.78 is 12.0. The lowest BCUT2D eigenvalue weighted by atomic mass is 9.96. The van der Waals surface area contributed by atoms with E-state index in [1.165, 1.54) is 0 Å². The summed E-state index contributed by atoms with van der Waals surface area (Å²) in [5.74, 6) is 0.269. The van der Waals surface area contributed by atoms with E-state index < -0.39 is 13.9 Å². The standard InChI is InChI=1S/C17H36N2O3Si/c1-16(2,3)21-15(20)19-11-13(10-18)9-14(12-19)22-23(7,8)17(4,5)6/h13-14H,9-12,18H2,1-8H3/t13-,14-/m0/s1. The molecule has 1 rings (SSSR count). The van der Waals surface area contributed by atoms with E-state index in [2.05, 4.69) is 33.9 Å². The molecule has 5 nitrogen and oxygen atoms in total. The van der Waals surface area contributed by atoms with Gasteiger partial charge in [0.25, 0.3) is 0 Å². The van der Waals surface area contributed by atoms with Crippen LogP contribution in [0.2, 0.25) is 18.1 Å². The molecule has 1 aliphatic heterocycles. The fourth-order valence-corrected chi connectivity index (χ4v) is 3.84. The summed E-state index contributed by atoms with van der Waals surface area (Å²) in [5.41, 5.74) is 5.40. The molecule has 1 amide bonds. The monoisotopic (exact) mass is 344 g/mol. The molecule has 0 aromatic rings. The second-order valence-electron chi connectivity index (χ2n) is 9.22. The number of ether oxygens (including phenoxy) is 1. The molecule has 1 saturated heterocycles. The molecular formula is C17H36N2O3Si. The third-order valence-corrected chi connectivity index (χ3v) is 9.29. The highest BCUT2D eigenvalue weighted by atomic mass is 28.4. The Morgan fingerprint density at radius 1 is 1.17 bits per heavy atom. The Morgan fingerprint density at radius 2 is 1.74 bits per heavy atom. The van der Waals surface area contributed by atoms with Gasteiger partial charge in [0.2, 0.25) is 0 Å². The number of hydrogen-bond acceptors (Lipinski definition) is 4. The lowest BCUT2D eigenvalue weighted by Gasteiger charge is -2.44. The maximum absolute atomic E-state index is 12.4. The number of hydrogen-bond donors (Lipinski definition) is 1. The van der Waals surface area contributed by atoms with E-state index in [1.54, 1.807) is 4.90 Å². The zero-order chi connectivity index (χ0) is 18.1. The summed E-state index contributed by atoms with van der Waals surface area (Å²) in [6.07, 6.45) is 0.702. The van der Waals surface area contributed by atoms with E-state index in [4.69, 9.17) is 14.9 Å². The van der Waals surface area contributed by atoms with Gasteiger partial charge in [-0.25, -0.2) is 4.79 Å². The van der Waals surface area contributed by atoms with E-state index in [0.29, 0.717) is 19.6 Å². The molecule has 2 atom stereocenters. The number of amides is 1. The summed E-state index contributed by atoms with van der Waals surface area (Å²) in [6, 6.07) is 0. The van der Waals surface area contributed by atoms with Crippen LogP contribution in [0.5, 0.6) is 0 Å². The Morgan fingerprint density at radius 3 is 2.17 bits per heavy atom. The molecular weight excluding hydrogens is 308 g/mol. The Bertz CT molecular complexity index is 413. The SMILES string of the molecule is CC(C)(C)OC(=O)N1C[C@H](CN)C[C@H](O[Si](C)(C)C(C)(C)C)C1. The third-order valence-electron chi connectivity index (χ3n) is 4.75. The van der Waals surface area contributed by atoms with E-state index in [0.717, 1.165) is 6.42 Å². The van der Waals surface area contributed by atoms with Crippen molar-refractivity contribution < 1.29 is 14.0 Å². The van der Waals surface area contributed by atoms with E-state index in [-0.39, 0.29) is 23.2 Å². The maximum Gasteiger partial charge on any atom is 0.410 e. The van der Waals surface area contributed by atoms with Crippen molar-refractivity contribution in [1.82, 2.24) is 4.90 Å². The zero-order valence-corrected chi connectivity index (χ0v) is 17.2. The minimum atomic E-state index is -1.87. The molecule has 0 aliphatic carbocycles. The molecule has 0 aromatic heterocycles. The van der Waals surface area contributed by atoms with Crippen molar-refractivity contribution in [3.05, 3.63) is 0 Å². The maximum atomic E-state index is 12.4. The van der Waals surface area contributed by atoms with Gasteiger partial charge in [-0.2, -0.15) is 0 Å². The van der Waals surface area contributed by atoms with Crippen LogP contribution in [0.3, 0.4) is 0 Å². The number of likely N-dealkylation sites (tertiary alicyclic amines) is 1. The molecule has 6 heteroatoms. The van der Waals surface area contributed by atoms with Gasteiger partial charge >= 0.3 is 6.09 Å². The van der Waals surface area contributed by atoms with Crippen molar-refractivity contribution in [2.45, 2.75) is 77.8 Å². The highest BCUT2D eigenvalue weighted by Gasteiger charge is 2.41. The van der Waals surface area contributed by atoms with Crippen LogP contribution in [0.25, 0.3) is 0 Å². The molecule has 1 fully saturated rings. The second kappa shape index (κ2) is 7.11. The number of rotatable bonds is 3. The van der Waals surface area contributed by atoms with Crippen LogP contribution < -0.4 is 5.73 Å². The predicted octanol–water partition coefficient (Wildman–Crippen LogP) is 3.59. The van der Waals surface area contributed by atoms with Crippen molar-refractivity contribution >= 4 is 14.4 Å². The van der Waals surface area contributed by atoms with Crippen molar-refractivity contribution in [3.63, 3.8) is 0 Å². The quantitative estimate of drug-likeness (QED) is 0.795. The van der Waals surface area contributed by atoms with Crippen molar-refractivity contribution in [3.8, 4) is 0 Å². The van der Waals surface area contributed by atoms with Gasteiger partial charge in [0.15, 0.2) is 8.32 Å². The first kappa shape index (κ1) is 20.5. The van der Waals surface area contributed by atoms with Gasteiger partial charge in [0.05, 0.1) is 6.10 Å². The van der Waals surface area contributed by atoms with Crippen LogP contribution in [-0.4, -0.2) is 50.6 Å². The first-order valence-corrected chi connectivity index (χ1v) is 11.5. The molecule has 1 aliphatic rings. The van der Waals surface area contributed by atoms with Crippen molar-refractivity contribution in [2.75, 3.05) is 19.6 Å². The first-order chi connectivity index (χ1) is 10.2. The van der Waals surface area contributed by atoms with Crippen LogP contribution in [-0.2, 0) is 9.16 Å². The summed E-state index contributed by atoms with van der Waals surface area (Å²) in [5, 5.41) is 0.152. The number of carbonyl (C=O) groups is 1. The van der Waals surface area contributed by atoms with Gasteiger partial charge in [-0.3, -0.25) is 0 Å². The first-order valence-electron chi connectivity index (χ1n) is 8.61. The smallest absolute Gasteiger partial charge is 0.410 e. The van der Waals surface area contributed by atoms with Crippen LogP contribution >= 0.6 is 0 Å². The lowest BCUT2D eigenvalue weighted by Crippen LogP contribution is -2.54. The Labute approximate surface area is 143 Å². The molecule has 0 spiro atoms. The fraction of sp³-hybridized carbons (Fsp3) is 0.941. The number of piperidine rings is 1. The highest BCUT2D eigenvalue weighted by Crippen LogP contribution is 2.38. The summed E-state index contributed by atoms with van der Waals surface area (Å²) in [4.78, 5) is 14.2. The fourth-order valence-electron chi connectivity index (χ4n) is 2.48. The van der Waals surface area contributed by atoms with Crippen LogP contribution in [0.15, 0.2) is 0 Å². The Kier molecular flexibility index (Phi) is 6.32. The summed E-state index contributed by atoms with van der Waals surface area (Å²) in [7, 11) is -1.87. The molecule has 0 radical (unpaired) electrons. The van der Waals surface area contributed by atoms with Gasteiger partial charge in [0, 0.05) is 13.1 Å². The minimum absolute atomic E-state index is 0.0470. The lowest BCUT2D eigenvalue weighted by molar-refractivity contribution is -0.00374. The molecule has 1 heterocycles. The molecule has 136 valence electrons. The normalized spacial score (nSPS) is 23.8. The van der Waals surface area contributed by atoms with Gasteiger partial charge in [-0.15, -0.1) is 0 Å². The van der Waals surface area contributed by atoms with E-state index >= 15 is 0 Å².